The molecule has 0 unspecified atom stereocenters. The number of hydrogen-bond acceptors (Lipinski definition) is 4. The lowest BCUT2D eigenvalue weighted by Gasteiger charge is -2.21. The van der Waals surface area contributed by atoms with Crippen LogP contribution in [0.2, 0.25) is 0 Å². The molecule has 2 aromatic heterocycles. The Kier molecular flexibility index (Phi) is 4.60. The molecule has 0 spiro atoms. The molecule has 3 rings (SSSR count). The molecular weight excluding hydrogens is 264 g/mol. The SMILES string of the molecule is Cn1c(COCC2CCCCC2)nnc1-c1cccnc1. The molecule has 5 nitrogen and oxygen atoms in total. The van der Waals surface area contributed by atoms with Crippen molar-refractivity contribution in [1.29, 1.82) is 0 Å². The third kappa shape index (κ3) is 3.47. The Morgan fingerprint density at radius 2 is 2.10 bits per heavy atom. The molecule has 0 amide bonds. The topological polar surface area (TPSA) is 52.8 Å². The largest absolute Gasteiger partial charge is 0.373 e. The number of rotatable bonds is 5. The van der Waals surface area contributed by atoms with E-state index in [2.05, 4.69) is 15.2 Å². The van der Waals surface area contributed by atoms with Gasteiger partial charge in [0.1, 0.15) is 6.61 Å². The highest BCUT2D eigenvalue weighted by Gasteiger charge is 2.15. The van der Waals surface area contributed by atoms with E-state index in [9.17, 15) is 0 Å². The van der Waals surface area contributed by atoms with Crippen LogP contribution in [-0.4, -0.2) is 26.4 Å². The van der Waals surface area contributed by atoms with Crippen LogP contribution in [0.25, 0.3) is 11.4 Å². The number of ether oxygens (including phenoxy) is 1. The van der Waals surface area contributed by atoms with Gasteiger partial charge in [0.05, 0.1) is 0 Å². The van der Waals surface area contributed by atoms with Gasteiger partial charge in [0, 0.05) is 31.6 Å². The summed E-state index contributed by atoms with van der Waals surface area (Å²) < 4.78 is 7.83. The van der Waals surface area contributed by atoms with Crippen molar-refractivity contribution in [1.82, 2.24) is 19.7 Å². The van der Waals surface area contributed by atoms with Crippen LogP contribution in [0.1, 0.15) is 37.9 Å². The third-order valence-corrected chi connectivity index (χ3v) is 4.19. The molecule has 0 bridgehead atoms. The minimum atomic E-state index is 0.528. The first-order valence-electron chi connectivity index (χ1n) is 7.71. The molecule has 0 atom stereocenters. The Balaban J connectivity index is 1.58. The van der Waals surface area contributed by atoms with Crippen LogP contribution >= 0.6 is 0 Å². The van der Waals surface area contributed by atoms with E-state index in [1.807, 2.05) is 23.7 Å². The van der Waals surface area contributed by atoms with Crippen LogP contribution in [0.15, 0.2) is 24.5 Å². The zero-order valence-electron chi connectivity index (χ0n) is 12.5. The molecule has 1 saturated carbocycles. The van der Waals surface area contributed by atoms with Gasteiger partial charge in [0.25, 0.3) is 0 Å². The van der Waals surface area contributed by atoms with Gasteiger partial charge in [-0.3, -0.25) is 4.98 Å². The van der Waals surface area contributed by atoms with Crippen LogP contribution in [0.4, 0.5) is 0 Å². The van der Waals surface area contributed by atoms with Gasteiger partial charge < -0.3 is 9.30 Å². The van der Waals surface area contributed by atoms with Crippen molar-refractivity contribution in [3.05, 3.63) is 30.4 Å². The highest BCUT2D eigenvalue weighted by Crippen LogP contribution is 2.24. The molecule has 0 radical (unpaired) electrons. The average molecular weight is 286 g/mol. The number of aromatic nitrogens is 4. The van der Waals surface area contributed by atoms with Crippen molar-refractivity contribution in [2.45, 2.75) is 38.7 Å². The third-order valence-electron chi connectivity index (χ3n) is 4.19. The molecule has 112 valence electrons. The normalized spacial score (nSPS) is 16.2. The van der Waals surface area contributed by atoms with Gasteiger partial charge in [-0.2, -0.15) is 0 Å². The molecule has 2 heterocycles. The first kappa shape index (κ1) is 14.2. The maximum absolute atomic E-state index is 5.85. The Bertz CT molecular complexity index is 561. The predicted octanol–water partition coefficient (Wildman–Crippen LogP) is 2.97. The van der Waals surface area contributed by atoms with E-state index < -0.39 is 0 Å². The van der Waals surface area contributed by atoms with Crippen LogP contribution in [0.5, 0.6) is 0 Å². The Hall–Kier alpha value is -1.75. The molecule has 0 aliphatic heterocycles. The average Bonchev–Trinajstić information content (AvgIpc) is 2.90. The molecule has 21 heavy (non-hydrogen) atoms. The fraction of sp³-hybridized carbons (Fsp3) is 0.562. The van der Waals surface area contributed by atoms with Gasteiger partial charge >= 0.3 is 0 Å². The summed E-state index contributed by atoms with van der Waals surface area (Å²) >= 11 is 0. The zero-order valence-corrected chi connectivity index (χ0v) is 12.5. The van der Waals surface area contributed by atoms with E-state index in [4.69, 9.17) is 4.74 Å². The zero-order chi connectivity index (χ0) is 14.5. The molecule has 1 aliphatic carbocycles. The van der Waals surface area contributed by atoms with Gasteiger partial charge in [-0.15, -0.1) is 10.2 Å². The lowest BCUT2D eigenvalue weighted by molar-refractivity contribution is 0.0686. The maximum Gasteiger partial charge on any atom is 0.165 e. The van der Waals surface area contributed by atoms with Crippen molar-refractivity contribution in [3.8, 4) is 11.4 Å². The van der Waals surface area contributed by atoms with Crippen molar-refractivity contribution >= 4 is 0 Å². The van der Waals surface area contributed by atoms with Crippen LogP contribution < -0.4 is 0 Å². The first-order chi connectivity index (χ1) is 10.3. The Labute approximate surface area is 125 Å². The molecular formula is C16H22N4O. The van der Waals surface area contributed by atoms with Gasteiger partial charge in [0.15, 0.2) is 11.6 Å². The first-order valence-corrected chi connectivity index (χ1v) is 7.71. The van der Waals surface area contributed by atoms with E-state index in [1.54, 1.807) is 12.4 Å². The summed E-state index contributed by atoms with van der Waals surface area (Å²) in [5.74, 6) is 2.42. The minimum absolute atomic E-state index is 0.528. The summed E-state index contributed by atoms with van der Waals surface area (Å²) in [5, 5.41) is 8.48. The van der Waals surface area contributed by atoms with E-state index in [0.29, 0.717) is 6.61 Å². The van der Waals surface area contributed by atoms with E-state index in [1.165, 1.54) is 32.1 Å². The number of hydrogen-bond donors (Lipinski definition) is 0. The predicted molar refractivity (Wildman–Crippen MR) is 80.5 cm³/mol. The standard InChI is InChI=1S/C16H22N4O/c1-20-15(12-21-11-13-6-3-2-4-7-13)18-19-16(20)14-8-5-9-17-10-14/h5,8-10,13H,2-4,6-7,11-12H2,1H3. The minimum Gasteiger partial charge on any atom is -0.373 e. The molecule has 0 aromatic carbocycles. The van der Waals surface area contributed by atoms with E-state index in [-0.39, 0.29) is 0 Å². The summed E-state index contributed by atoms with van der Waals surface area (Å²) in [6, 6.07) is 3.90. The summed E-state index contributed by atoms with van der Waals surface area (Å²) in [5.41, 5.74) is 0.978. The fourth-order valence-electron chi connectivity index (χ4n) is 2.90. The van der Waals surface area contributed by atoms with Gasteiger partial charge in [-0.1, -0.05) is 19.3 Å². The molecule has 1 fully saturated rings. The maximum atomic E-state index is 5.85. The summed E-state index contributed by atoms with van der Waals surface area (Å²) in [6.07, 6.45) is 10.3. The van der Waals surface area contributed by atoms with E-state index >= 15 is 0 Å². The van der Waals surface area contributed by atoms with Crippen molar-refractivity contribution in [2.24, 2.45) is 13.0 Å². The highest BCUT2D eigenvalue weighted by molar-refractivity contribution is 5.53. The molecule has 2 aromatic rings. The molecule has 1 aliphatic rings. The molecule has 5 heteroatoms. The van der Waals surface area contributed by atoms with Gasteiger partial charge in [0.2, 0.25) is 0 Å². The highest BCUT2D eigenvalue weighted by atomic mass is 16.5. The second kappa shape index (κ2) is 6.80. The Morgan fingerprint density at radius 1 is 1.24 bits per heavy atom. The van der Waals surface area contributed by atoms with Crippen LogP contribution in [0, 0.1) is 5.92 Å². The summed E-state index contributed by atoms with van der Waals surface area (Å²) in [7, 11) is 1.97. The molecule has 0 N–H and O–H groups in total. The fourth-order valence-corrected chi connectivity index (χ4v) is 2.90. The summed E-state index contributed by atoms with van der Waals surface area (Å²) in [4.78, 5) is 4.12. The van der Waals surface area contributed by atoms with Gasteiger partial charge in [-0.05, 0) is 30.9 Å². The quantitative estimate of drug-likeness (QED) is 0.848. The van der Waals surface area contributed by atoms with Crippen LogP contribution in [-0.2, 0) is 18.4 Å². The number of nitrogens with zero attached hydrogens (tertiary/aromatic N) is 4. The molecule has 0 saturated heterocycles. The van der Waals surface area contributed by atoms with Crippen molar-refractivity contribution in [3.63, 3.8) is 0 Å². The lowest BCUT2D eigenvalue weighted by atomic mass is 9.90. The summed E-state index contributed by atoms with van der Waals surface area (Å²) in [6.45, 7) is 1.37. The number of pyridine rings is 1. The van der Waals surface area contributed by atoms with Crippen LogP contribution in [0.3, 0.4) is 0 Å². The second-order valence-electron chi connectivity index (χ2n) is 5.76. The second-order valence-corrected chi connectivity index (χ2v) is 5.76. The Morgan fingerprint density at radius 3 is 2.86 bits per heavy atom. The van der Waals surface area contributed by atoms with Gasteiger partial charge in [-0.25, -0.2) is 0 Å². The van der Waals surface area contributed by atoms with Crippen molar-refractivity contribution < 1.29 is 4.74 Å². The smallest absolute Gasteiger partial charge is 0.165 e. The monoisotopic (exact) mass is 286 g/mol. The van der Waals surface area contributed by atoms with Crippen molar-refractivity contribution in [2.75, 3.05) is 6.61 Å². The lowest BCUT2D eigenvalue weighted by Crippen LogP contribution is -2.14. The van der Waals surface area contributed by atoms with E-state index in [0.717, 1.165) is 29.7 Å².